The molecule has 7 heteroatoms. The summed E-state index contributed by atoms with van der Waals surface area (Å²) in [4.78, 5) is 27.2. The van der Waals surface area contributed by atoms with Gasteiger partial charge in [-0.05, 0) is 32.1 Å². The normalized spacial score (nSPS) is 24.2. The molecular weight excluding hydrogens is 306 g/mol. The number of hydrogen-bond donors (Lipinski definition) is 0. The van der Waals surface area contributed by atoms with Crippen LogP contribution in [0.2, 0.25) is 0 Å². The number of carbonyl (C=O) groups is 1. The highest BCUT2D eigenvalue weighted by Crippen LogP contribution is 2.40. The minimum absolute atomic E-state index is 0.238. The van der Waals surface area contributed by atoms with Gasteiger partial charge in [0.05, 0.1) is 11.9 Å². The van der Waals surface area contributed by atoms with Crippen LogP contribution in [0.15, 0.2) is 16.9 Å². The number of likely N-dealkylation sites (tertiary alicyclic amines) is 1. The predicted molar refractivity (Wildman–Crippen MR) is 85.9 cm³/mol. The molecule has 2 aromatic rings. The summed E-state index contributed by atoms with van der Waals surface area (Å²) in [6.07, 6.45) is 6.13. The Morgan fingerprint density at radius 3 is 2.62 bits per heavy atom. The lowest BCUT2D eigenvalue weighted by Gasteiger charge is -2.30. The zero-order valence-corrected chi connectivity index (χ0v) is 14.0. The van der Waals surface area contributed by atoms with Gasteiger partial charge in [0.2, 0.25) is 5.91 Å². The second-order valence-electron chi connectivity index (χ2n) is 6.92. The Morgan fingerprint density at radius 1 is 1.25 bits per heavy atom. The molecule has 2 aromatic heterocycles. The molecule has 2 atom stereocenters. The van der Waals surface area contributed by atoms with Crippen LogP contribution in [0.3, 0.4) is 0 Å². The third kappa shape index (κ3) is 2.90. The third-order valence-electron chi connectivity index (χ3n) is 5.04. The monoisotopic (exact) mass is 327 g/mol. The van der Waals surface area contributed by atoms with E-state index < -0.39 is 0 Å². The third-order valence-corrected chi connectivity index (χ3v) is 5.04. The summed E-state index contributed by atoms with van der Waals surface area (Å²) in [5.74, 6) is 2.50. The average Bonchev–Trinajstić information content (AvgIpc) is 3.13. The SMILES string of the molecule is Cc1cnc(-c2nc(C3CCN(C(=O)[C@H]4C[C@@H]4C)CC3)no2)cn1. The van der Waals surface area contributed by atoms with Gasteiger partial charge in [0.25, 0.3) is 5.89 Å². The number of carbonyl (C=O) groups excluding carboxylic acids is 1. The average molecular weight is 327 g/mol. The van der Waals surface area contributed by atoms with Crippen molar-refractivity contribution >= 4 is 5.91 Å². The van der Waals surface area contributed by atoms with Crippen LogP contribution in [0.25, 0.3) is 11.6 Å². The molecule has 0 unspecified atom stereocenters. The molecule has 1 aliphatic carbocycles. The molecule has 4 rings (SSSR count). The molecule has 1 amide bonds. The summed E-state index contributed by atoms with van der Waals surface area (Å²) < 4.78 is 5.34. The highest BCUT2D eigenvalue weighted by Gasteiger charge is 2.42. The second kappa shape index (κ2) is 5.96. The lowest BCUT2D eigenvalue weighted by atomic mass is 9.96. The van der Waals surface area contributed by atoms with Crippen LogP contribution in [0.5, 0.6) is 0 Å². The van der Waals surface area contributed by atoms with Crippen molar-refractivity contribution < 1.29 is 9.32 Å². The van der Waals surface area contributed by atoms with Crippen molar-refractivity contribution in [1.82, 2.24) is 25.0 Å². The fraction of sp³-hybridized carbons (Fsp3) is 0.588. The van der Waals surface area contributed by atoms with Gasteiger partial charge in [-0.25, -0.2) is 4.98 Å². The molecule has 0 bridgehead atoms. The quantitative estimate of drug-likeness (QED) is 0.859. The molecular formula is C17H21N5O2. The number of nitrogens with zero attached hydrogens (tertiary/aromatic N) is 5. The van der Waals surface area contributed by atoms with Crippen molar-refractivity contribution in [2.75, 3.05) is 13.1 Å². The summed E-state index contributed by atoms with van der Waals surface area (Å²) in [5.41, 5.74) is 1.44. The minimum atomic E-state index is 0.238. The molecule has 2 aliphatic rings. The van der Waals surface area contributed by atoms with Gasteiger partial charge in [0.1, 0.15) is 5.69 Å². The summed E-state index contributed by atoms with van der Waals surface area (Å²) in [6, 6.07) is 0. The minimum Gasteiger partial charge on any atom is -0.342 e. The van der Waals surface area contributed by atoms with Gasteiger partial charge < -0.3 is 9.42 Å². The molecule has 1 saturated carbocycles. The van der Waals surface area contributed by atoms with Crippen molar-refractivity contribution in [2.24, 2.45) is 11.8 Å². The van der Waals surface area contributed by atoms with Gasteiger partial charge in [0, 0.05) is 31.1 Å². The summed E-state index contributed by atoms with van der Waals surface area (Å²) >= 11 is 0. The zero-order chi connectivity index (χ0) is 16.7. The van der Waals surface area contributed by atoms with E-state index >= 15 is 0 Å². The smallest absolute Gasteiger partial charge is 0.278 e. The maximum atomic E-state index is 12.3. The molecule has 7 nitrogen and oxygen atoms in total. The highest BCUT2D eigenvalue weighted by atomic mass is 16.5. The molecule has 3 heterocycles. The van der Waals surface area contributed by atoms with E-state index in [1.807, 2.05) is 11.8 Å². The van der Waals surface area contributed by atoms with Crippen LogP contribution in [0.4, 0.5) is 0 Å². The van der Waals surface area contributed by atoms with Crippen LogP contribution < -0.4 is 0 Å². The summed E-state index contributed by atoms with van der Waals surface area (Å²) in [6.45, 7) is 5.58. The molecule has 1 saturated heterocycles. The second-order valence-corrected chi connectivity index (χ2v) is 6.92. The molecule has 0 N–H and O–H groups in total. The van der Waals surface area contributed by atoms with Crippen molar-refractivity contribution in [2.45, 2.75) is 39.0 Å². The molecule has 0 radical (unpaired) electrons. The lowest BCUT2D eigenvalue weighted by Crippen LogP contribution is -2.39. The van der Waals surface area contributed by atoms with Crippen LogP contribution >= 0.6 is 0 Å². The summed E-state index contributed by atoms with van der Waals surface area (Å²) in [7, 11) is 0. The number of amides is 1. The van der Waals surface area contributed by atoms with Crippen LogP contribution in [0.1, 0.15) is 43.6 Å². The largest absolute Gasteiger partial charge is 0.342 e. The Balaban J connectivity index is 1.39. The Morgan fingerprint density at radius 2 is 2.00 bits per heavy atom. The fourth-order valence-electron chi connectivity index (χ4n) is 3.27. The first kappa shape index (κ1) is 15.2. The van der Waals surface area contributed by atoms with Crippen LogP contribution in [0, 0.1) is 18.8 Å². The zero-order valence-electron chi connectivity index (χ0n) is 14.0. The van der Waals surface area contributed by atoms with Gasteiger partial charge in [0.15, 0.2) is 5.82 Å². The van der Waals surface area contributed by atoms with E-state index in [-0.39, 0.29) is 11.8 Å². The van der Waals surface area contributed by atoms with Crippen LogP contribution in [-0.4, -0.2) is 44.0 Å². The van der Waals surface area contributed by atoms with E-state index in [0.717, 1.165) is 38.0 Å². The molecule has 126 valence electrons. The van der Waals surface area contributed by atoms with Crippen molar-refractivity contribution in [3.63, 3.8) is 0 Å². The lowest BCUT2D eigenvalue weighted by molar-refractivity contribution is -0.133. The Kier molecular flexibility index (Phi) is 3.78. The van der Waals surface area contributed by atoms with E-state index in [0.29, 0.717) is 29.2 Å². The predicted octanol–water partition coefficient (Wildman–Crippen LogP) is 2.20. The van der Waals surface area contributed by atoms with E-state index in [4.69, 9.17) is 4.52 Å². The van der Waals surface area contributed by atoms with Crippen molar-refractivity contribution in [1.29, 1.82) is 0 Å². The number of aryl methyl sites for hydroxylation is 1. The van der Waals surface area contributed by atoms with E-state index in [2.05, 4.69) is 27.0 Å². The molecule has 2 fully saturated rings. The highest BCUT2D eigenvalue weighted by molar-refractivity contribution is 5.81. The van der Waals surface area contributed by atoms with Crippen molar-refractivity contribution in [3.8, 4) is 11.6 Å². The fourth-order valence-corrected chi connectivity index (χ4v) is 3.27. The number of piperidine rings is 1. The van der Waals surface area contributed by atoms with Gasteiger partial charge in [-0.1, -0.05) is 12.1 Å². The Labute approximate surface area is 140 Å². The Bertz CT molecular complexity index is 734. The number of hydrogen-bond acceptors (Lipinski definition) is 6. The molecule has 1 aliphatic heterocycles. The molecule has 0 spiro atoms. The van der Waals surface area contributed by atoms with E-state index in [1.54, 1.807) is 12.4 Å². The van der Waals surface area contributed by atoms with Gasteiger partial charge in [-0.15, -0.1) is 0 Å². The van der Waals surface area contributed by atoms with E-state index in [9.17, 15) is 4.79 Å². The van der Waals surface area contributed by atoms with Crippen molar-refractivity contribution in [3.05, 3.63) is 23.9 Å². The summed E-state index contributed by atoms with van der Waals surface area (Å²) in [5, 5.41) is 4.11. The first-order chi connectivity index (χ1) is 11.6. The standard InChI is InChI=1S/C17H21N5O2/c1-10-7-13(10)17(23)22-5-3-12(4-6-22)15-20-16(24-21-15)14-9-18-11(2)8-19-14/h8-10,12-13H,3-7H2,1-2H3/t10-,13-/m0/s1. The number of aromatic nitrogens is 4. The van der Waals surface area contributed by atoms with Crippen LogP contribution in [-0.2, 0) is 4.79 Å². The van der Waals surface area contributed by atoms with E-state index in [1.165, 1.54) is 0 Å². The first-order valence-corrected chi connectivity index (χ1v) is 8.53. The maximum Gasteiger partial charge on any atom is 0.278 e. The Hall–Kier alpha value is -2.31. The topological polar surface area (TPSA) is 85.0 Å². The first-order valence-electron chi connectivity index (χ1n) is 8.53. The molecule has 24 heavy (non-hydrogen) atoms. The number of rotatable bonds is 3. The van der Waals surface area contributed by atoms with Gasteiger partial charge in [-0.2, -0.15) is 4.98 Å². The molecule has 0 aromatic carbocycles. The van der Waals surface area contributed by atoms with Gasteiger partial charge >= 0.3 is 0 Å². The van der Waals surface area contributed by atoms with Gasteiger partial charge in [-0.3, -0.25) is 9.78 Å². The maximum absolute atomic E-state index is 12.3.